The van der Waals surface area contributed by atoms with Crippen LogP contribution in [0.4, 0.5) is 15.8 Å². The fraction of sp³-hybridized carbons (Fsp3) is 0.200. The third-order valence-corrected chi connectivity index (χ3v) is 3.26. The Balaban J connectivity index is 2.24. The zero-order valence-electron chi connectivity index (χ0n) is 10.7. The van der Waals surface area contributed by atoms with Gasteiger partial charge in [-0.1, -0.05) is 23.7 Å². The molecule has 0 spiro atoms. The van der Waals surface area contributed by atoms with Gasteiger partial charge in [-0.2, -0.15) is 0 Å². The molecule has 0 amide bonds. The molecule has 2 aromatic carbocycles. The first-order valence-corrected chi connectivity index (χ1v) is 6.52. The van der Waals surface area contributed by atoms with Gasteiger partial charge in [0.25, 0.3) is 0 Å². The van der Waals surface area contributed by atoms with E-state index in [9.17, 15) is 4.39 Å². The Hall–Kier alpha value is -1.74. The normalized spacial score (nSPS) is 10.5. The van der Waals surface area contributed by atoms with Crippen LogP contribution in [0.3, 0.4) is 0 Å². The number of anilines is 2. The van der Waals surface area contributed by atoms with Crippen molar-refractivity contribution in [1.82, 2.24) is 0 Å². The van der Waals surface area contributed by atoms with Crippen LogP contribution in [0.25, 0.3) is 0 Å². The molecule has 0 aliphatic carbocycles. The Kier molecular flexibility index (Phi) is 4.27. The molecule has 0 saturated carbocycles. The Bertz CT molecular complexity index is 572. The molecule has 0 unspecified atom stereocenters. The average molecular weight is 279 g/mol. The molecule has 2 nitrogen and oxygen atoms in total. The summed E-state index contributed by atoms with van der Waals surface area (Å²) in [6.07, 6.45) is 0. The molecule has 2 aromatic rings. The summed E-state index contributed by atoms with van der Waals surface area (Å²) >= 11 is 5.88. The molecule has 0 bridgehead atoms. The van der Waals surface area contributed by atoms with E-state index < -0.39 is 0 Å². The zero-order valence-corrected chi connectivity index (χ0v) is 11.5. The molecule has 0 atom stereocenters. The first-order valence-electron chi connectivity index (χ1n) is 6.14. The topological polar surface area (TPSA) is 29.3 Å². The summed E-state index contributed by atoms with van der Waals surface area (Å²) in [7, 11) is 0. The summed E-state index contributed by atoms with van der Waals surface area (Å²) in [5.41, 5.74) is 8.43. The fourth-order valence-electron chi connectivity index (χ4n) is 1.97. The monoisotopic (exact) mass is 278 g/mol. The molecule has 0 saturated heterocycles. The van der Waals surface area contributed by atoms with E-state index in [-0.39, 0.29) is 5.82 Å². The van der Waals surface area contributed by atoms with Crippen LogP contribution >= 0.6 is 11.6 Å². The molecule has 0 fully saturated rings. The molecule has 0 aromatic heterocycles. The van der Waals surface area contributed by atoms with Crippen molar-refractivity contribution in [2.24, 2.45) is 0 Å². The van der Waals surface area contributed by atoms with E-state index in [1.807, 2.05) is 25.1 Å². The Morgan fingerprint density at radius 1 is 1.21 bits per heavy atom. The second kappa shape index (κ2) is 5.93. The van der Waals surface area contributed by atoms with Crippen molar-refractivity contribution in [3.05, 3.63) is 58.9 Å². The van der Waals surface area contributed by atoms with Gasteiger partial charge in [-0.15, -0.1) is 0 Å². The lowest BCUT2D eigenvalue weighted by Crippen LogP contribution is -2.22. The van der Waals surface area contributed by atoms with Gasteiger partial charge in [0.05, 0.1) is 0 Å². The fourth-order valence-corrected chi connectivity index (χ4v) is 2.15. The Morgan fingerprint density at radius 3 is 2.63 bits per heavy atom. The first kappa shape index (κ1) is 13.7. The Morgan fingerprint density at radius 2 is 2.00 bits per heavy atom. The van der Waals surface area contributed by atoms with E-state index in [1.54, 1.807) is 12.1 Å². The van der Waals surface area contributed by atoms with Gasteiger partial charge in [-0.3, -0.25) is 0 Å². The molecule has 100 valence electrons. The number of halogens is 2. The van der Waals surface area contributed by atoms with Crippen molar-refractivity contribution in [1.29, 1.82) is 0 Å². The van der Waals surface area contributed by atoms with Crippen LogP contribution < -0.4 is 10.6 Å². The van der Waals surface area contributed by atoms with E-state index in [1.165, 1.54) is 12.1 Å². The van der Waals surface area contributed by atoms with Crippen LogP contribution in [-0.2, 0) is 6.54 Å². The molecule has 2 N–H and O–H groups in total. The summed E-state index contributed by atoms with van der Waals surface area (Å²) in [6.45, 7) is 3.42. The minimum Gasteiger partial charge on any atom is -0.398 e. The van der Waals surface area contributed by atoms with Gasteiger partial charge in [-0.05, 0) is 42.8 Å². The highest BCUT2D eigenvalue weighted by atomic mass is 35.5. The van der Waals surface area contributed by atoms with Gasteiger partial charge in [0.15, 0.2) is 0 Å². The molecular formula is C15H16ClFN2. The quantitative estimate of drug-likeness (QED) is 0.854. The molecule has 0 aliphatic rings. The van der Waals surface area contributed by atoms with Crippen LogP contribution in [0.15, 0.2) is 42.5 Å². The zero-order chi connectivity index (χ0) is 13.8. The lowest BCUT2D eigenvalue weighted by Gasteiger charge is -2.24. The summed E-state index contributed by atoms with van der Waals surface area (Å²) < 4.78 is 13.3. The number of rotatable bonds is 4. The molecule has 0 radical (unpaired) electrons. The van der Waals surface area contributed by atoms with Crippen LogP contribution in [0.2, 0.25) is 5.02 Å². The van der Waals surface area contributed by atoms with E-state index in [0.29, 0.717) is 17.3 Å². The minimum absolute atomic E-state index is 0.236. The molecular weight excluding hydrogens is 263 g/mol. The molecule has 0 aliphatic heterocycles. The highest BCUT2D eigenvalue weighted by Gasteiger charge is 2.08. The molecule has 4 heteroatoms. The highest BCUT2D eigenvalue weighted by Crippen LogP contribution is 2.23. The molecule has 0 heterocycles. The van der Waals surface area contributed by atoms with Crippen LogP contribution in [0, 0.1) is 5.82 Å². The summed E-state index contributed by atoms with van der Waals surface area (Å²) in [5.74, 6) is -0.236. The Labute approximate surface area is 117 Å². The van der Waals surface area contributed by atoms with E-state index in [0.717, 1.165) is 17.8 Å². The predicted octanol–water partition coefficient (Wildman–Crippen LogP) is 4.09. The smallest absolute Gasteiger partial charge is 0.125 e. The second-order valence-electron chi connectivity index (χ2n) is 4.34. The van der Waals surface area contributed by atoms with Crippen LogP contribution in [0.1, 0.15) is 12.5 Å². The standard InChI is InChI=1S/C15H16ClFN2/c1-2-19(14-5-3-4-13(17)9-14)10-11-6-7-12(16)8-15(11)18/h3-9H,2,10,18H2,1H3. The largest absolute Gasteiger partial charge is 0.398 e. The SMILES string of the molecule is CCN(Cc1ccc(Cl)cc1N)c1cccc(F)c1. The van der Waals surface area contributed by atoms with Gasteiger partial charge in [0, 0.05) is 29.5 Å². The maximum Gasteiger partial charge on any atom is 0.125 e. The lowest BCUT2D eigenvalue weighted by molar-refractivity contribution is 0.626. The van der Waals surface area contributed by atoms with Gasteiger partial charge < -0.3 is 10.6 Å². The van der Waals surface area contributed by atoms with Crippen LogP contribution in [-0.4, -0.2) is 6.54 Å². The number of benzene rings is 2. The van der Waals surface area contributed by atoms with Crippen molar-refractivity contribution in [2.75, 3.05) is 17.2 Å². The minimum atomic E-state index is -0.236. The summed E-state index contributed by atoms with van der Waals surface area (Å²) in [5, 5.41) is 0.620. The van der Waals surface area contributed by atoms with Crippen molar-refractivity contribution in [2.45, 2.75) is 13.5 Å². The second-order valence-corrected chi connectivity index (χ2v) is 4.77. The van der Waals surface area contributed by atoms with Crippen LogP contribution in [0.5, 0.6) is 0 Å². The van der Waals surface area contributed by atoms with E-state index in [2.05, 4.69) is 4.90 Å². The molecule has 19 heavy (non-hydrogen) atoms. The number of hydrogen-bond donors (Lipinski definition) is 1. The average Bonchev–Trinajstić information content (AvgIpc) is 2.38. The van der Waals surface area contributed by atoms with Crippen molar-refractivity contribution in [3.63, 3.8) is 0 Å². The first-order chi connectivity index (χ1) is 9.10. The number of hydrogen-bond acceptors (Lipinski definition) is 2. The number of nitrogen functional groups attached to an aromatic ring is 1. The number of nitrogens with zero attached hydrogens (tertiary/aromatic N) is 1. The van der Waals surface area contributed by atoms with Gasteiger partial charge in [-0.25, -0.2) is 4.39 Å². The maximum absolute atomic E-state index is 13.3. The summed E-state index contributed by atoms with van der Waals surface area (Å²) in [4.78, 5) is 2.06. The van der Waals surface area contributed by atoms with Crippen molar-refractivity contribution >= 4 is 23.0 Å². The highest BCUT2D eigenvalue weighted by molar-refractivity contribution is 6.30. The molecule has 2 rings (SSSR count). The van der Waals surface area contributed by atoms with Gasteiger partial charge in [0.2, 0.25) is 0 Å². The van der Waals surface area contributed by atoms with Crippen molar-refractivity contribution < 1.29 is 4.39 Å². The third kappa shape index (κ3) is 3.38. The van der Waals surface area contributed by atoms with Gasteiger partial charge >= 0.3 is 0 Å². The predicted molar refractivity (Wildman–Crippen MR) is 79.0 cm³/mol. The van der Waals surface area contributed by atoms with E-state index in [4.69, 9.17) is 17.3 Å². The lowest BCUT2D eigenvalue weighted by atomic mass is 10.1. The summed E-state index contributed by atoms with van der Waals surface area (Å²) in [6, 6.07) is 12.0. The van der Waals surface area contributed by atoms with Crippen molar-refractivity contribution in [3.8, 4) is 0 Å². The van der Waals surface area contributed by atoms with Gasteiger partial charge in [0.1, 0.15) is 5.82 Å². The maximum atomic E-state index is 13.3. The van der Waals surface area contributed by atoms with E-state index >= 15 is 0 Å². The third-order valence-electron chi connectivity index (χ3n) is 3.02. The number of nitrogens with two attached hydrogens (primary N) is 1.